The Kier molecular flexibility index (Phi) is 9.34. The summed E-state index contributed by atoms with van der Waals surface area (Å²) in [7, 11) is 0. The first-order valence-electron chi connectivity index (χ1n) is 14.0. The minimum atomic E-state index is -0.992. The minimum Gasteiger partial charge on any atom is -0.456 e. The third-order valence-corrected chi connectivity index (χ3v) is 7.82. The summed E-state index contributed by atoms with van der Waals surface area (Å²) < 4.78 is 10.9. The zero-order valence-electron chi connectivity index (χ0n) is 24.8. The van der Waals surface area contributed by atoms with Gasteiger partial charge in [-0.3, -0.25) is 9.69 Å². The number of thiophene rings is 1. The number of carbonyl (C=O) groups excluding carboxylic acids is 3. The van der Waals surface area contributed by atoms with Gasteiger partial charge in [-0.05, 0) is 77.6 Å². The smallest absolute Gasteiger partial charge is 0.397 e. The highest BCUT2D eigenvalue weighted by atomic mass is 32.1. The van der Waals surface area contributed by atoms with Crippen LogP contribution in [0.25, 0.3) is 0 Å². The highest BCUT2D eigenvalue weighted by Gasteiger charge is 2.33. The Morgan fingerprint density at radius 3 is 1.98 bits per heavy atom. The molecule has 0 unspecified atom stereocenters. The summed E-state index contributed by atoms with van der Waals surface area (Å²) in [5, 5.41) is 2.98. The van der Waals surface area contributed by atoms with Crippen LogP contribution in [0.5, 0.6) is 0 Å². The van der Waals surface area contributed by atoms with Gasteiger partial charge >= 0.3 is 17.8 Å². The molecule has 41 heavy (non-hydrogen) atoms. The quantitative estimate of drug-likeness (QED) is 0.253. The lowest BCUT2D eigenvalue weighted by Gasteiger charge is -2.29. The third kappa shape index (κ3) is 8.27. The number of nitrogens with zero attached hydrogens (tertiary/aromatic N) is 1. The zero-order chi connectivity index (χ0) is 29.8. The number of ether oxygens (including phenoxy) is 2. The highest BCUT2D eigenvalue weighted by Crippen LogP contribution is 2.39. The number of hydrogen-bond donors (Lipinski definition) is 1. The Labute approximate surface area is 246 Å². The summed E-state index contributed by atoms with van der Waals surface area (Å²) in [4.78, 5) is 41.8. The molecule has 1 amide bonds. The summed E-state index contributed by atoms with van der Waals surface area (Å²) in [6.45, 7) is 12.8. The number of anilines is 1. The molecule has 1 aliphatic heterocycles. The fourth-order valence-electron chi connectivity index (χ4n) is 4.97. The van der Waals surface area contributed by atoms with Crippen molar-refractivity contribution in [3.05, 3.63) is 87.8 Å². The second-order valence-electron chi connectivity index (χ2n) is 12.4. The first kappa shape index (κ1) is 30.5. The summed E-state index contributed by atoms with van der Waals surface area (Å²) in [6.07, 6.45) is 1.58. The molecule has 0 saturated carbocycles. The van der Waals surface area contributed by atoms with Crippen molar-refractivity contribution in [3.63, 3.8) is 0 Å². The fourth-order valence-corrected chi connectivity index (χ4v) is 6.24. The molecule has 0 aliphatic carbocycles. The van der Waals surface area contributed by atoms with Crippen LogP contribution in [0.3, 0.4) is 0 Å². The maximum Gasteiger partial charge on any atom is 0.397 e. The second-order valence-corrected chi connectivity index (χ2v) is 13.5. The molecule has 0 radical (unpaired) electrons. The van der Waals surface area contributed by atoms with Crippen LogP contribution in [0.1, 0.15) is 85.8 Å². The summed E-state index contributed by atoms with van der Waals surface area (Å²) >= 11 is 1.33. The van der Waals surface area contributed by atoms with E-state index in [1.807, 2.05) is 12.1 Å². The number of carbonyl (C=O) groups is 3. The maximum absolute atomic E-state index is 13.3. The molecule has 3 aromatic rings. The molecular formula is C33H40N2O5S. The van der Waals surface area contributed by atoms with Crippen molar-refractivity contribution in [1.29, 1.82) is 0 Å². The van der Waals surface area contributed by atoms with Crippen molar-refractivity contribution in [3.8, 4) is 0 Å². The Bertz CT molecular complexity index is 1330. The number of esters is 2. The lowest BCUT2D eigenvalue weighted by molar-refractivity contribution is -0.161. The number of nitrogens with one attached hydrogen (secondary N) is 1. The SMILES string of the molecule is CC(C)(C)OC(=O)C(=O)Nc1sc2c(c1C(=O)OC(C)(C)C)CCN(CCC(c1ccccc1)c1ccccc1)C2. The number of amides is 1. The monoisotopic (exact) mass is 576 g/mol. The topological polar surface area (TPSA) is 84.9 Å². The van der Waals surface area contributed by atoms with E-state index in [9.17, 15) is 14.4 Å². The predicted molar refractivity (Wildman–Crippen MR) is 162 cm³/mol. The van der Waals surface area contributed by atoms with Crippen LogP contribution in [-0.4, -0.2) is 47.0 Å². The average molecular weight is 577 g/mol. The normalized spacial score (nSPS) is 13.9. The van der Waals surface area contributed by atoms with Crippen molar-refractivity contribution >= 4 is 34.2 Å². The Morgan fingerprint density at radius 2 is 1.44 bits per heavy atom. The van der Waals surface area contributed by atoms with Crippen molar-refractivity contribution in [2.24, 2.45) is 0 Å². The van der Waals surface area contributed by atoms with Gasteiger partial charge in [0.25, 0.3) is 0 Å². The standard InChI is InChI=1S/C33H40N2O5S/c1-32(2,3)39-30(37)27-25-18-20-35(21-26(25)41-29(27)34-28(36)31(38)40-33(4,5)6)19-17-24(22-13-9-7-10-14-22)23-15-11-8-12-16-23/h7-16,24H,17-21H2,1-6H3,(H,34,36). The molecule has 1 aliphatic rings. The van der Waals surface area contributed by atoms with Gasteiger partial charge in [0.1, 0.15) is 16.2 Å². The Balaban J connectivity index is 1.55. The van der Waals surface area contributed by atoms with Crippen molar-refractivity contribution in [1.82, 2.24) is 4.90 Å². The molecule has 1 N–H and O–H groups in total. The van der Waals surface area contributed by atoms with Gasteiger partial charge in [0.05, 0.1) is 5.56 Å². The van der Waals surface area contributed by atoms with Gasteiger partial charge in [-0.15, -0.1) is 11.3 Å². The van der Waals surface area contributed by atoms with E-state index in [-0.39, 0.29) is 5.92 Å². The molecule has 2 aromatic carbocycles. The van der Waals surface area contributed by atoms with Gasteiger partial charge in [-0.1, -0.05) is 60.7 Å². The molecule has 0 fully saturated rings. The minimum absolute atomic E-state index is 0.267. The molecule has 7 nitrogen and oxygen atoms in total. The number of fused-ring (bicyclic) bond motifs is 1. The number of benzene rings is 2. The van der Waals surface area contributed by atoms with Crippen LogP contribution in [0.4, 0.5) is 5.00 Å². The van der Waals surface area contributed by atoms with E-state index in [0.29, 0.717) is 23.5 Å². The lowest BCUT2D eigenvalue weighted by atomic mass is 9.88. The highest BCUT2D eigenvalue weighted by molar-refractivity contribution is 7.17. The van der Waals surface area contributed by atoms with Crippen LogP contribution in [0, 0.1) is 0 Å². The second kappa shape index (κ2) is 12.6. The summed E-state index contributed by atoms with van der Waals surface area (Å²) in [5.74, 6) is -2.14. The Morgan fingerprint density at radius 1 is 0.878 bits per heavy atom. The largest absolute Gasteiger partial charge is 0.456 e. The fraction of sp³-hybridized carbons (Fsp3) is 0.424. The molecule has 0 spiro atoms. The summed E-state index contributed by atoms with van der Waals surface area (Å²) in [5.41, 5.74) is 2.27. The van der Waals surface area contributed by atoms with E-state index in [2.05, 4.69) is 58.7 Å². The molecule has 218 valence electrons. The third-order valence-electron chi connectivity index (χ3n) is 6.69. The molecule has 1 aromatic heterocycles. The number of hydrogen-bond acceptors (Lipinski definition) is 7. The van der Waals surface area contributed by atoms with E-state index in [0.717, 1.165) is 30.0 Å². The van der Waals surface area contributed by atoms with E-state index < -0.39 is 29.0 Å². The molecule has 2 heterocycles. The molecule has 0 saturated heterocycles. The first-order chi connectivity index (χ1) is 19.3. The van der Waals surface area contributed by atoms with Gasteiger partial charge in [0.15, 0.2) is 0 Å². The van der Waals surface area contributed by atoms with Gasteiger partial charge < -0.3 is 14.8 Å². The van der Waals surface area contributed by atoms with Crippen LogP contribution in [0.15, 0.2) is 60.7 Å². The van der Waals surface area contributed by atoms with Crippen LogP contribution >= 0.6 is 11.3 Å². The van der Waals surface area contributed by atoms with Crippen molar-refractivity contribution in [2.75, 3.05) is 18.4 Å². The lowest BCUT2D eigenvalue weighted by Crippen LogP contribution is -2.33. The van der Waals surface area contributed by atoms with Crippen LogP contribution in [-0.2, 0) is 32.0 Å². The molecule has 4 rings (SSSR count). The summed E-state index contributed by atoms with van der Waals surface area (Å²) in [6, 6.07) is 21.1. The maximum atomic E-state index is 13.3. The Hall–Kier alpha value is -3.49. The molecule has 8 heteroatoms. The number of rotatable bonds is 7. The zero-order valence-corrected chi connectivity index (χ0v) is 25.6. The van der Waals surface area contributed by atoms with Gasteiger partial charge in [-0.25, -0.2) is 9.59 Å². The first-order valence-corrected chi connectivity index (χ1v) is 14.9. The van der Waals surface area contributed by atoms with E-state index >= 15 is 0 Å². The van der Waals surface area contributed by atoms with E-state index in [1.165, 1.54) is 22.5 Å². The van der Waals surface area contributed by atoms with E-state index in [1.54, 1.807) is 41.5 Å². The molecular weight excluding hydrogens is 536 g/mol. The van der Waals surface area contributed by atoms with E-state index in [4.69, 9.17) is 9.47 Å². The van der Waals surface area contributed by atoms with Gasteiger partial charge in [0.2, 0.25) is 0 Å². The van der Waals surface area contributed by atoms with Gasteiger partial charge in [0, 0.05) is 23.9 Å². The van der Waals surface area contributed by atoms with Gasteiger partial charge in [-0.2, -0.15) is 0 Å². The molecule has 0 bridgehead atoms. The average Bonchev–Trinajstić information content (AvgIpc) is 3.25. The van der Waals surface area contributed by atoms with Crippen molar-refractivity contribution < 1.29 is 23.9 Å². The molecule has 0 atom stereocenters. The predicted octanol–water partition coefficient (Wildman–Crippen LogP) is 6.56. The van der Waals surface area contributed by atoms with Crippen molar-refractivity contribution in [2.45, 2.75) is 78.0 Å². The van der Waals surface area contributed by atoms with Crippen LogP contribution < -0.4 is 5.32 Å². The van der Waals surface area contributed by atoms with Crippen LogP contribution in [0.2, 0.25) is 0 Å².